The minimum Gasteiger partial charge on any atom is -0.323 e. The molecule has 0 aliphatic carbocycles. The molecule has 26 valence electrons. The van der Waals surface area contributed by atoms with E-state index in [0.29, 0.717) is 0 Å². The van der Waals surface area contributed by atoms with Crippen LogP contribution in [0.5, 0.6) is 0 Å². The van der Waals surface area contributed by atoms with Crippen molar-refractivity contribution in [1.82, 2.24) is 0 Å². The van der Waals surface area contributed by atoms with Gasteiger partial charge in [0.15, 0.2) is 0 Å². The molecule has 0 amide bonds. The van der Waals surface area contributed by atoms with Gasteiger partial charge in [0.05, 0.1) is 0 Å². The summed E-state index contributed by atoms with van der Waals surface area (Å²) in [7, 11) is 0. The van der Waals surface area contributed by atoms with E-state index >= 15 is 0 Å². The molecule has 5 heavy (non-hydrogen) atoms. The van der Waals surface area contributed by atoms with Crippen molar-refractivity contribution in [2.75, 3.05) is 0 Å². The maximum absolute atomic E-state index is 2.08. The largest absolute Gasteiger partial charge is 3.00 e. The molecule has 0 saturated heterocycles. The molecule has 0 nitrogen and oxygen atoms in total. The van der Waals surface area contributed by atoms with Crippen molar-refractivity contribution in [1.29, 1.82) is 0 Å². The van der Waals surface area contributed by atoms with Gasteiger partial charge in [-0.2, -0.15) is 20.8 Å². The summed E-state index contributed by atoms with van der Waals surface area (Å²) in [5, 5.41) is 0. The standard InChI is InChI=1S/C4H9.Y/c1-4(2)3;/h1-3H3;/q-1;+3. The molecule has 0 aliphatic rings. The Morgan fingerprint density at radius 3 is 1.00 bits per heavy atom. The Balaban J connectivity index is 0. The fourth-order valence-corrected chi connectivity index (χ4v) is 0. The molecule has 0 aromatic heterocycles. The molecule has 0 N–H and O–H groups in total. The summed E-state index contributed by atoms with van der Waals surface area (Å²) in [4.78, 5) is 0. The van der Waals surface area contributed by atoms with Gasteiger partial charge in [-0.1, -0.05) is 0 Å². The molecule has 0 bridgehead atoms. The Labute approximate surface area is 59.2 Å². The Hall–Kier alpha value is 1.10. The summed E-state index contributed by atoms with van der Waals surface area (Å²) in [6.45, 7) is 6.25. The van der Waals surface area contributed by atoms with E-state index in [-0.39, 0.29) is 32.7 Å². The molecular weight excluding hydrogens is 137 g/mol. The van der Waals surface area contributed by atoms with Crippen LogP contribution in [0.4, 0.5) is 0 Å². The van der Waals surface area contributed by atoms with Crippen molar-refractivity contribution in [2.45, 2.75) is 20.8 Å². The van der Waals surface area contributed by atoms with Gasteiger partial charge in [0.25, 0.3) is 0 Å². The van der Waals surface area contributed by atoms with Crippen molar-refractivity contribution in [3.8, 4) is 0 Å². The second kappa shape index (κ2) is 5.10. The zero-order valence-electron chi connectivity index (χ0n) is 4.08. The van der Waals surface area contributed by atoms with Gasteiger partial charge in [-0.3, -0.25) is 0 Å². The maximum atomic E-state index is 2.08. The van der Waals surface area contributed by atoms with Gasteiger partial charge in [0, 0.05) is 0 Å². The van der Waals surface area contributed by atoms with E-state index in [1.165, 1.54) is 5.92 Å². The quantitative estimate of drug-likeness (QED) is 0.455. The molecule has 0 rings (SSSR count). The van der Waals surface area contributed by atoms with Gasteiger partial charge in [-0.15, -0.1) is 0 Å². The molecule has 0 fully saturated rings. The molecule has 0 heterocycles. The summed E-state index contributed by atoms with van der Waals surface area (Å²) in [6, 6.07) is 0. The van der Waals surface area contributed by atoms with Crippen LogP contribution in [-0.2, 0) is 32.7 Å². The average Bonchev–Trinajstić information content (AvgIpc) is 0.811. The Bertz CT molecular complexity index is 8.36. The SMILES string of the molecule is C[C-](C)C.[Y+3]. The van der Waals surface area contributed by atoms with Crippen LogP contribution in [0.3, 0.4) is 0 Å². The minimum absolute atomic E-state index is 0. The second-order valence-corrected chi connectivity index (χ2v) is 1.50. The summed E-state index contributed by atoms with van der Waals surface area (Å²) >= 11 is 0. The van der Waals surface area contributed by atoms with Gasteiger partial charge >= 0.3 is 32.7 Å². The van der Waals surface area contributed by atoms with Crippen molar-refractivity contribution >= 4 is 0 Å². The van der Waals surface area contributed by atoms with E-state index in [1.807, 2.05) is 0 Å². The molecule has 0 atom stereocenters. The molecule has 0 unspecified atom stereocenters. The van der Waals surface area contributed by atoms with Gasteiger partial charge in [0.1, 0.15) is 0 Å². The fourth-order valence-electron chi connectivity index (χ4n) is 0. The average molecular weight is 146 g/mol. The zero-order valence-corrected chi connectivity index (χ0v) is 6.92. The first kappa shape index (κ1) is 9.44. The van der Waals surface area contributed by atoms with Crippen LogP contribution >= 0.6 is 0 Å². The smallest absolute Gasteiger partial charge is 0.323 e. The molecule has 0 aromatic rings. The molecule has 0 spiro atoms. The topological polar surface area (TPSA) is 0 Å². The van der Waals surface area contributed by atoms with Crippen LogP contribution in [0.2, 0.25) is 0 Å². The van der Waals surface area contributed by atoms with Gasteiger partial charge in [0.2, 0.25) is 0 Å². The Kier molecular flexibility index (Phi) is 9.64. The van der Waals surface area contributed by atoms with E-state index < -0.39 is 0 Å². The molecule has 0 aromatic carbocycles. The summed E-state index contributed by atoms with van der Waals surface area (Å²) < 4.78 is 0. The molecular formula is C4H9Y+2. The molecule has 0 aliphatic heterocycles. The number of rotatable bonds is 0. The van der Waals surface area contributed by atoms with Gasteiger partial charge in [-0.25, -0.2) is 0 Å². The van der Waals surface area contributed by atoms with Crippen LogP contribution in [0.25, 0.3) is 0 Å². The predicted octanol–water partition coefficient (Wildman–Crippen LogP) is 1.62. The van der Waals surface area contributed by atoms with Crippen molar-refractivity contribution in [2.24, 2.45) is 0 Å². The van der Waals surface area contributed by atoms with Crippen LogP contribution in [-0.4, -0.2) is 0 Å². The normalized spacial score (nSPS) is 7.20. The Morgan fingerprint density at radius 2 is 1.00 bits per heavy atom. The van der Waals surface area contributed by atoms with E-state index in [4.69, 9.17) is 0 Å². The van der Waals surface area contributed by atoms with Gasteiger partial charge < -0.3 is 5.92 Å². The van der Waals surface area contributed by atoms with Crippen LogP contribution in [0.15, 0.2) is 0 Å². The van der Waals surface area contributed by atoms with E-state index in [2.05, 4.69) is 20.8 Å². The van der Waals surface area contributed by atoms with Crippen molar-refractivity contribution in [3.05, 3.63) is 5.92 Å². The van der Waals surface area contributed by atoms with Gasteiger partial charge in [-0.05, 0) is 0 Å². The van der Waals surface area contributed by atoms with Crippen molar-refractivity contribution in [3.63, 3.8) is 0 Å². The third kappa shape index (κ3) is 40.4. The summed E-state index contributed by atoms with van der Waals surface area (Å²) in [6.07, 6.45) is 0. The molecule has 0 radical (unpaired) electrons. The third-order valence-corrected chi connectivity index (χ3v) is 0. The zero-order chi connectivity index (χ0) is 3.58. The first-order chi connectivity index (χ1) is 1.73. The van der Waals surface area contributed by atoms with Crippen LogP contribution in [0.1, 0.15) is 20.8 Å². The summed E-state index contributed by atoms with van der Waals surface area (Å²) in [5.74, 6) is 1.42. The summed E-state index contributed by atoms with van der Waals surface area (Å²) in [5.41, 5.74) is 0. The monoisotopic (exact) mass is 146 g/mol. The van der Waals surface area contributed by atoms with E-state index in [0.717, 1.165) is 0 Å². The minimum atomic E-state index is 0. The first-order valence-corrected chi connectivity index (χ1v) is 1.50. The van der Waals surface area contributed by atoms with E-state index in [1.54, 1.807) is 0 Å². The fraction of sp³-hybridized carbons (Fsp3) is 0.750. The molecule has 1 heteroatoms. The number of hydrogen-bond acceptors (Lipinski definition) is 0. The van der Waals surface area contributed by atoms with Crippen LogP contribution < -0.4 is 0 Å². The maximum Gasteiger partial charge on any atom is 3.00 e. The van der Waals surface area contributed by atoms with E-state index in [9.17, 15) is 0 Å². The molecule has 0 saturated carbocycles. The van der Waals surface area contributed by atoms with Crippen molar-refractivity contribution < 1.29 is 32.7 Å². The van der Waals surface area contributed by atoms with Crippen LogP contribution in [0, 0.1) is 5.92 Å². The predicted molar refractivity (Wildman–Crippen MR) is 20.3 cm³/mol. The first-order valence-electron chi connectivity index (χ1n) is 1.50. The second-order valence-electron chi connectivity index (χ2n) is 1.50. The number of hydrogen-bond donors (Lipinski definition) is 0. The Morgan fingerprint density at radius 1 is 1.00 bits per heavy atom. The third-order valence-electron chi connectivity index (χ3n) is 0.